The first kappa shape index (κ1) is 16.4. The Labute approximate surface area is 118 Å². The van der Waals surface area contributed by atoms with Crippen molar-refractivity contribution >= 4 is 5.91 Å². The summed E-state index contributed by atoms with van der Waals surface area (Å²) in [5.41, 5.74) is 0. The number of carbonyl (C=O) groups excluding carboxylic acids is 1. The standard InChI is InChI=1S/C15H31N3O/c1-3-5-11-18(15(19)4-2)12-7-6-10-17-13-8-16-9-14-17/h16H,3-14H2,1-2H3. The summed E-state index contributed by atoms with van der Waals surface area (Å²) in [6, 6.07) is 0. The highest BCUT2D eigenvalue weighted by molar-refractivity contribution is 5.75. The monoisotopic (exact) mass is 269 g/mol. The van der Waals surface area contributed by atoms with Gasteiger partial charge in [0.05, 0.1) is 0 Å². The number of amides is 1. The van der Waals surface area contributed by atoms with Crippen LogP contribution in [0.15, 0.2) is 0 Å². The van der Waals surface area contributed by atoms with E-state index in [0.717, 1.165) is 45.4 Å². The van der Waals surface area contributed by atoms with Gasteiger partial charge in [0.1, 0.15) is 0 Å². The second-order valence-corrected chi connectivity index (χ2v) is 5.39. The van der Waals surface area contributed by atoms with Crippen molar-refractivity contribution in [3.63, 3.8) is 0 Å². The predicted molar refractivity (Wildman–Crippen MR) is 80.3 cm³/mol. The highest BCUT2D eigenvalue weighted by Gasteiger charge is 2.11. The van der Waals surface area contributed by atoms with Crippen LogP contribution in [-0.2, 0) is 4.79 Å². The summed E-state index contributed by atoms with van der Waals surface area (Å²) in [4.78, 5) is 16.4. The van der Waals surface area contributed by atoms with Gasteiger partial charge in [0, 0.05) is 45.7 Å². The first-order valence-electron chi connectivity index (χ1n) is 7.98. The molecule has 0 unspecified atom stereocenters. The molecule has 112 valence electrons. The topological polar surface area (TPSA) is 35.6 Å². The van der Waals surface area contributed by atoms with Crippen LogP contribution in [0.2, 0.25) is 0 Å². The van der Waals surface area contributed by atoms with Gasteiger partial charge in [0.15, 0.2) is 0 Å². The van der Waals surface area contributed by atoms with Gasteiger partial charge in [0.25, 0.3) is 0 Å². The fourth-order valence-corrected chi connectivity index (χ4v) is 2.51. The van der Waals surface area contributed by atoms with E-state index in [4.69, 9.17) is 0 Å². The Balaban J connectivity index is 2.14. The van der Waals surface area contributed by atoms with Crippen molar-refractivity contribution in [2.45, 2.75) is 46.0 Å². The summed E-state index contributed by atoms with van der Waals surface area (Å²) in [6.45, 7) is 11.8. The predicted octanol–water partition coefficient (Wildman–Crippen LogP) is 1.71. The summed E-state index contributed by atoms with van der Waals surface area (Å²) >= 11 is 0. The summed E-state index contributed by atoms with van der Waals surface area (Å²) in [5, 5.41) is 3.37. The van der Waals surface area contributed by atoms with E-state index in [1.807, 2.05) is 6.92 Å². The highest BCUT2D eigenvalue weighted by atomic mass is 16.2. The van der Waals surface area contributed by atoms with Crippen molar-refractivity contribution in [2.24, 2.45) is 0 Å². The van der Waals surface area contributed by atoms with E-state index < -0.39 is 0 Å². The second-order valence-electron chi connectivity index (χ2n) is 5.39. The Morgan fingerprint density at radius 2 is 1.79 bits per heavy atom. The van der Waals surface area contributed by atoms with Crippen LogP contribution < -0.4 is 5.32 Å². The van der Waals surface area contributed by atoms with Crippen molar-refractivity contribution in [3.8, 4) is 0 Å². The summed E-state index contributed by atoms with van der Waals surface area (Å²) in [7, 11) is 0. The number of nitrogens with zero attached hydrogens (tertiary/aromatic N) is 2. The molecule has 1 aliphatic heterocycles. The number of piperazine rings is 1. The molecule has 19 heavy (non-hydrogen) atoms. The van der Waals surface area contributed by atoms with Crippen molar-refractivity contribution in [3.05, 3.63) is 0 Å². The van der Waals surface area contributed by atoms with Gasteiger partial charge in [0.2, 0.25) is 5.91 Å². The Kier molecular flexibility index (Phi) is 8.84. The maximum atomic E-state index is 11.8. The molecule has 0 aromatic carbocycles. The molecule has 1 amide bonds. The minimum Gasteiger partial charge on any atom is -0.343 e. The van der Waals surface area contributed by atoms with Crippen LogP contribution in [0.25, 0.3) is 0 Å². The fourth-order valence-electron chi connectivity index (χ4n) is 2.51. The molecule has 4 nitrogen and oxygen atoms in total. The van der Waals surface area contributed by atoms with Crippen molar-refractivity contribution in [2.75, 3.05) is 45.8 Å². The number of hydrogen-bond acceptors (Lipinski definition) is 3. The zero-order valence-electron chi connectivity index (χ0n) is 12.8. The van der Waals surface area contributed by atoms with Gasteiger partial charge in [-0.25, -0.2) is 0 Å². The SMILES string of the molecule is CCCCN(CCCCN1CCNCC1)C(=O)CC. The van der Waals surface area contributed by atoms with Crippen LogP contribution >= 0.6 is 0 Å². The summed E-state index contributed by atoms with van der Waals surface area (Å²) in [5.74, 6) is 0.315. The Bertz CT molecular complexity index is 240. The maximum Gasteiger partial charge on any atom is 0.222 e. The average molecular weight is 269 g/mol. The van der Waals surface area contributed by atoms with Crippen molar-refractivity contribution in [1.29, 1.82) is 0 Å². The second kappa shape index (κ2) is 10.2. The van der Waals surface area contributed by atoms with E-state index in [1.165, 1.54) is 26.1 Å². The van der Waals surface area contributed by atoms with E-state index in [-0.39, 0.29) is 0 Å². The normalized spacial score (nSPS) is 16.5. The minimum atomic E-state index is 0.315. The van der Waals surface area contributed by atoms with Crippen LogP contribution in [0.3, 0.4) is 0 Å². The average Bonchev–Trinajstić information content (AvgIpc) is 2.47. The fraction of sp³-hybridized carbons (Fsp3) is 0.933. The third-order valence-electron chi connectivity index (χ3n) is 3.80. The van der Waals surface area contributed by atoms with E-state index in [1.54, 1.807) is 0 Å². The maximum absolute atomic E-state index is 11.8. The van der Waals surface area contributed by atoms with Gasteiger partial charge >= 0.3 is 0 Å². The minimum absolute atomic E-state index is 0.315. The summed E-state index contributed by atoms with van der Waals surface area (Å²) < 4.78 is 0. The zero-order valence-corrected chi connectivity index (χ0v) is 12.8. The van der Waals surface area contributed by atoms with Crippen molar-refractivity contribution < 1.29 is 4.79 Å². The third-order valence-corrected chi connectivity index (χ3v) is 3.80. The van der Waals surface area contributed by atoms with Gasteiger partial charge in [-0.3, -0.25) is 4.79 Å². The molecule has 1 aliphatic rings. The molecule has 0 atom stereocenters. The quantitative estimate of drug-likeness (QED) is 0.647. The van der Waals surface area contributed by atoms with Gasteiger partial charge < -0.3 is 15.1 Å². The lowest BCUT2D eigenvalue weighted by Gasteiger charge is -2.27. The van der Waals surface area contributed by atoms with Crippen LogP contribution in [0.1, 0.15) is 46.0 Å². The molecular formula is C15H31N3O. The molecule has 0 saturated carbocycles. The molecule has 1 heterocycles. The molecule has 0 aromatic rings. The third kappa shape index (κ3) is 6.92. The molecule has 0 spiro atoms. The van der Waals surface area contributed by atoms with Crippen LogP contribution in [0.4, 0.5) is 0 Å². The largest absolute Gasteiger partial charge is 0.343 e. The molecule has 1 N–H and O–H groups in total. The van der Waals surface area contributed by atoms with E-state index >= 15 is 0 Å². The molecule has 1 fully saturated rings. The van der Waals surface area contributed by atoms with E-state index in [9.17, 15) is 4.79 Å². The number of carbonyl (C=O) groups is 1. The Hall–Kier alpha value is -0.610. The van der Waals surface area contributed by atoms with Gasteiger partial charge in [-0.15, -0.1) is 0 Å². The molecule has 1 saturated heterocycles. The molecule has 0 radical (unpaired) electrons. The zero-order chi connectivity index (χ0) is 13.9. The van der Waals surface area contributed by atoms with Crippen LogP contribution in [-0.4, -0.2) is 61.5 Å². The van der Waals surface area contributed by atoms with Crippen LogP contribution in [0.5, 0.6) is 0 Å². The number of hydrogen-bond donors (Lipinski definition) is 1. The first-order chi connectivity index (χ1) is 9.27. The first-order valence-corrected chi connectivity index (χ1v) is 7.98. The number of unbranched alkanes of at least 4 members (excludes halogenated alkanes) is 2. The molecule has 4 heteroatoms. The van der Waals surface area contributed by atoms with E-state index in [0.29, 0.717) is 12.3 Å². The number of nitrogens with one attached hydrogen (secondary N) is 1. The summed E-state index contributed by atoms with van der Waals surface area (Å²) in [6.07, 6.45) is 5.28. The smallest absolute Gasteiger partial charge is 0.222 e. The van der Waals surface area contributed by atoms with Crippen molar-refractivity contribution in [1.82, 2.24) is 15.1 Å². The van der Waals surface area contributed by atoms with E-state index in [2.05, 4.69) is 22.0 Å². The Morgan fingerprint density at radius 3 is 2.42 bits per heavy atom. The van der Waals surface area contributed by atoms with Gasteiger partial charge in [-0.1, -0.05) is 20.3 Å². The van der Waals surface area contributed by atoms with Gasteiger partial charge in [-0.05, 0) is 25.8 Å². The highest BCUT2D eigenvalue weighted by Crippen LogP contribution is 2.03. The molecule has 0 bridgehead atoms. The lowest BCUT2D eigenvalue weighted by molar-refractivity contribution is -0.131. The molecule has 0 aromatic heterocycles. The van der Waals surface area contributed by atoms with Crippen LogP contribution in [0, 0.1) is 0 Å². The number of rotatable bonds is 9. The molecule has 1 rings (SSSR count). The molecular weight excluding hydrogens is 238 g/mol. The Morgan fingerprint density at radius 1 is 1.11 bits per heavy atom. The molecule has 0 aliphatic carbocycles. The lowest BCUT2D eigenvalue weighted by atomic mass is 10.2. The van der Waals surface area contributed by atoms with Gasteiger partial charge in [-0.2, -0.15) is 0 Å². The lowest BCUT2D eigenvalue weighted by Crippen LogP contribution is -2.43.